The van der Waals surface area contributed by atoms with Crippen LogP contribution < -0.4 is 72.4 Å². The van der Waals surface area contributed by atoms with E-state index in [4.69, 9.17) is 36.7 Å². The molecule has 0 amide bonds. The van der Waals surface area contributed by atoms with Crippen LogP contribution in [0.25, 0.3) is 0 Å². The Balaban J connectivity index is 0.000000449. The number of alkyl halides is 1. The molecule has 1 heterocycles. The Morgan fingerprint density at radius 3 is 1.35 bits per heavy atom. The maximum Gasteiger partial charge on any atom is 1.00 e. The van der Waals surface area contributed by atoms with E-state index in [0.717, 1.165) is 63.1 Å². The van der Waals surface area contributed by atoms with Gasteiger partial charge in [-0.1, -0.05) is 296 Å². The van der Waals surface area contributed by atoms with Crippen molar-refractivity contribution in [3.63, 3.8) is 0 Å². The molecule has 8 rings (SSSR count). The quantitative estimate of drug-likeness (QED) is 0.0104. The minimum Gasteiger partial charge on any atom is -0.550 e. The molecule has 19 heteroatoms. The van der Waals surface area contributed by atoms with Gasteiger partial charge >= 0.3 is 57.4 Å². The first-order chi connectivity index (χ1) is 51.5. The van der Waals surface area contributed by atoms with Gasteiger partial charge in [0.15, 0.2) is 39.6 Å². The van der Waals surface area contributed by atoms with Crippen molar-refractivity contribution >= 4 is 89.7 Å². The molecule has 11 atom stereocenters. The van der Waals surface area contributed by atoms with E-state index in [1.165, 1.54) is 45.1 Å². The smallest absolute Gasteiger partial charge is 0.550 e. The molecule has 0 bridgehead atoms. The van der Waals surface area contributed by atoms with E-state index in [9.17, 15) is 19.8 Å². The maximum atomic E-state index is 12.3. The number of aliphatic carboxylic acids is 1. The number of carboxylic acids is 1. The number of hydrogen-bond donors (Lipinski definition) is 1. The Hall–Kier alpha value is -2.78. The van der Waals surface area contributed by atoms with Crippen molar-refractivity contribution in [3.8, 4) is 0 Å². The topological polar surface area (TPSA) is 151 Å². The molecule has 0 aromatic heterocycles. The number of methoxy groups -OCH3 is 2. The summed E-state index contributed by atoms with van der Waals surface area (Å²) in [4.78, 5) is 23.3. The number of hydrogen-bond acceptors (Lipinski definition) is 12. The Kier molecular flexibility index (Phi) is 43.8. The van der Waals surface area contributed by atoms with Gasteiger partial charge in [-0.3, -0.25) is 4.79 Å². The molecule has 2 saturated carbocycles. The number of esters is 1. The van der Waals surface area contributed by atoms with Gasteiger partial charge in [0.05, 0.1) is 43.7 Å². The average Bonchev–Trinajstić information content (AvgIpc) is 1.77. The van der Waals surface area contributed by atoms with E-state index >= 15 is 0 Å². The molecule has 1 aliphatic heterocycles. The van der Waals surface area contributed by atoms with Gasteiger partial charge in [0.2, 0.25) is 0 Å². The summed E-state index contributed by atoms with van der Waals surface area (Å²) in [6.45, 7) is 47.0. The van der Waals surface area contributed by atoms with Crippen molar-refractivity contribution in [2.75, 3.05) is 19.5 Å². The van der Waals surface area contributed by atoms with Crippen LogP contribution in [-0.4, -0.2) is 119 Å². The van der Waals surface area contributed by atoms with Gasteiger partial charge in [-0.05, 0) is 188 Å². The second-order valence-corrected chi connectivity index (χ2v) is 60.0. The predicted octanol–water partition coefficient (Wildman–Crippen LogP) is 19.2. The van der Waals surface area contributed by atoms with Gasteiger partial charge in [0.25, 0.3) is 0 Å². The van der Waals surface area contributed by atoms with Gasteiger partial charge in [0.1, 0.15) is 6.10 Å². The summed E-state index contributed by atoms with van der Waals surface area (Å²) in [6, 6.07) is 48.5. The number of carboxylic acid groups (broad SMARTS) is 1. The van der Waals surface area contributed by atoms with E-state index in [2.05, 4.69) is 279 Å². The first-order valence-electron chi connectivity index (χ1n) is 40.5. The summed E-state index contributed by atoms with van der Waals surface area (Å²) in [5, 5.41) is 26.4. The molecule has 3 unspecified atom stereocenters. The maximum absolute atomic E-state index is 12.3. The SMILES string of the molecule is C.C.COCc1cccc(CCC(/C=C/[C@H]2[C@H](O[Si](C)(C)C(C)(C)C)CC3OC(O)C[C@@H]32)O[Si](C)(C)C(C)(C)C)c1.COCc1cccc(CC[C@@H](/C=C/[C@@H]2[C@@H](C/C=C\CCCBr)[C@@H](OC(C)=O)C[C@H]2O[Si](C)(C)C(C)(C)C)O[Si](C)(C)C(C)(C)C)c1.O=C([O-])CCC=P(c1ccccc1)(c1ccccc1)c1ccccc1.[K+]. The Labute approximate surface area is 742 Å². The molecular formula is C94H149BrKO12PSi4. The summed E-state index contributed by atoms with van der Waals surface area (Å²) in [6.07, 6.45) is 22.7. The van der Waals surface area contributed by atoms with Crippen LogP contribution in [0.1, 0.15) is 191 Å². The van der Waals surface area contributed by atoms with Crippen molar-refractivity contribution in [1.82, 2.24) is 0 Å². The largest absolute Gasteiger partial charge is 1.00 e. The number of allylic oxidation sites excluding steroid dienone is 2. The number of rotatable bonds is 34. The molecular weight excluding hydrogens is 1580 g/mol. The van der Waals surface area contributed by atoms with Crippen molar-refractivity contribution in [3.05, 3.63) is 198 Å². The Bertz CT molecular complexity index is 3650. The van der Waals surface area contributed by atoms with Gasteiger partial charge in [-0.15, -0.1) is 0 Å². The standard InChI is InChI=1S/C38H65BrO5Si2.C32H56O5Si2.C22H21O2P.2CH4.K/c1-29(40)42-35-27-36(44-46(11,12)38(5,6)7)34(33(35)20-15-13-14-16-25-39)24-23-32(43-45(9,10)37(2,3)4)22-21-30-18-17-19-31(26-30)28-41-8;1-31(2,3)38(8,9)36-25(16-15-23-13-12-14-24(19-23)22-34-7)17-18-26-27-20-30(33)35-28(27)21-29(26)37-39(10,11)32(4,5)6;23-22(24)17-10-18-25(19-11-4-1-5-12-19,20-13-6-2-7-14-20)21-15-8-3-9-16-21;;;/h13,15,17-19,23-24,26,32-36H,14,16,20-22,25,27-28H2,1-12H3;12-14,17-19,25-30,33H,15-16,20-22H2,1-11H3;1-9,11-16,18H,10,17H2,(H,23,24);2*1H4;/q;;;;;+1/p-1/b15-13-,24-23+;18-17+;;;;/t32-,33+,34+,35-,36+;25?,26-,27-,28?,29-,30?;;;;/m01..../s1. The van der Waals surface area contributed by atoms with E-state index < -0.39 is 52.4 Å². The third-order valence-corrected chi connectivity index (χ3v) is 47.0. The van der Waals surface area contributed by atoms with Gasteiger partial charge in [-0.2, -0.15) is 0 Å². The fourth-order valence-electron chi connectivity index (χ4n) is 14.1. The Morgan fingerprint density at radius 1 is 0.558 bits per heavy atom. The van der Waals surface area contributed by atoms with Crippen LogP contribution in [0.5, 0.6) is 0 Å². The number of aliphatic hydroxyl groups is 1. The van der Waals surface area contributed by atoms with Crippen LogP contribution in [-0.2, 0) is 72.3 Å². The molecule has 1 N–H and O–H groups in total. The molecule has 113 heavy (non-hydrogen) atoms. The fraction of sp³-hybridized carbons (Fsp3) is 0.585. The van der Waals surface area contributed by atoms with Gasteiger partial charge < -0.3 is 51.7 Å². The predicted molar refractivity (Wildman–Crippen MR) is 487 cm³/mol. The zero-order chi connectivity index (χ0) is 81.5. The summed E-state index contributed by atoms with van der Waals surface area (Å²) in [5.41, 5.74) is 5.01. The van der Waals surface area contributed by atoms with E-state index in [1.807, 2.05) is 54.6 Å². The second kappa shape index (κ2) is 47.4. The van der Waals surface area contributed by atoms with E-state index in [-0.39, 0.29) is 159 Å². The van der Waals surface area contributed by atoms with Crippen LogP contribution in [0.15, 0.2) is 176 Å². The Morgan fingerprint density at radius 2 is 0.965 bits per heavy atom. The molecule has 5 aromatic rings. The van der Waals surface area contributed by atoms with Crippen LogP contribution in [0.4, 0.5) is 0 Å². The third kappa shape index (κ3) is 31.6. The van der Waals surface area contributed by atoms with Crippen molar-refractivity contribution < 1.29 is 108 Å². The number of aliphatic hydroxyl groups excluding tert-OH is 1. The third-order valence-electron chi connectivity index (χ3n) is 24.3. The second-order valence-electron chi connectivity index (χ2n) is 36.8. The summed E-state index contributed by atoms with van der Waals surface area (Å²) >= 11 is 3.54. The first-order valence-corrected chi connectivity index (χ1v) is 55.1. The fourth-order valence-corrected chi connectivity index (χ4v) is 23.7. The number of aryl methyl sites for hydroxylation is 2. The van der Waals surface area contributed by atoms with E-state index in [1.54, 1.807) is 14.2 Å². The molecule has 626 valence electrons. The molecule has 5 aromatic carbocycles. The number of ether oxygens (including phenoxy) is 4. The van der Waals surface area contributed by atoms with Crippen LogP contribution >= 0.6 is 22.8 Å². The molecule has 1 saturated heterocycles. The summed E-state index contributed by atoms with van der Waals surface area (Å²) in [7, 11) is -4.59. The first kappa shape index (κ1) is 104. The molecule has 0 spiro atoms. The number of unbranched alkanes of at least 4 members (excludes halogenated alkanes) is 1. The van der Waals surface area contributed by atoms with Gasteiger partial charge in [0, 0.05) is 63.0 Å². The minimum absolute atomic E-state index is 0. The zero-order valence-corrected chi connectivity index (χ0v) is 82.1. The van der Waals surface area contributed by atoms with Crippen LogP contribution in [0.3, 0.4) is 0 Å². The normalized spacial score (nSPS) is 20.9. The van der Waals surface area contributed by atoms with Crippen LogP contribution in [0, 0.1) is 23.7 Å². The minimum atomic E-state index is -2.08. The van der Waals surface area contributed by atoms with Gasteiger partial charge in [-0.25, -0.2) is 0 Å². The molecule has 0 radical (unpaired) electrons. The van der Waals surface area contributed by atoms with Crippen molar-refractivity contribution in [2.45, 2.75) is 311 Å². The molecule has 12 nitrogen and oxygen atoms in total. The van der Waals surface area contributed by atoms with Crippen molar-refractivity contribution in [2.24, 2.45) is 23.7 Å². The van der Waals surface area contributed by atoms with Crippen LogP contribution in [0.2, 0.25) is 72.5 Å². The summed E-state index contributed by atoms with van der Waals surface area (Å²) < 4.78 is 50.9. The molecule has 3 fully saturated rings. The molecule has 2 aliphatic carbocycles. The number of benzene rings is 5. The number of halogens is 1. The number of carbonyl (C=O) groups excluding carboxylic acids is 2. The number of carbonyl (C=O) groups is 2. The van der Waals surface area contributed by atoms with Crippen molar-refractivity contribution in [1.29, 1.82) is 0 Å². The van der Waals surface area contributed by atoms with E-state index in [0.29, 0.717) is 26.1 Å². The monoisotopic (exact) mass is 1730 g/mol. The number of fused-ring (bicyclic) bond motifs is 1. The zero-order valence-electron chi connectivity index (χ0n) is 72.5. The molecule has 3 aliphatic rings. The average molecular weight is 1730 g/mol. The summed E-state index contributed by atoms with van der Waals surface area (Å²) in [5.74, 6) is 1.75.